The molecule has 0 bridgehead atoms. The minimum Gasteiger partial charge on any atom is -0.493 e. The quantitative estimate of drug-likeness (QED) is 0.830. The van der Waals surface area contributed by atoms with E-state index in [1.54, 1.807) is 0 Å². The largest absolute Gasteiger partial charge is 0.493 e. The smallest absolute Gasteiger partial charge is 0.125 e. The lowest BCUT2D eigenvalue weighted by atomic mass is 9.85. The maximum atomic E-state index is 11.1. The van der Waals surface area contributed by atoms with Crippen molar-refractivity contribution in [3.05, 3.63) is 29.8 Å². The predicted octanol–water partition coefficient (Wildman–Crippen LogP) is 3.77. The number of aliphatic hydroxyl groups excluding tert-OH is 1. The van der Waals surface area contributed by atoms with Crippen LogP contribution >= 0.6 is 0 Å². The molecule has 118 valence electrons. The molecule has 3 heteroatoms. The molecule has 3 nitrogen and oxygen atoms in total. The predicted molar refractivity (Wildman–Crippen MR) is 86.7 cm³/mol. The highest BCUT2D eigenvalue weighted by Crippen LogP contribution is 2.39. The van der Waals surface area contributed by atoms with E-state index >= 15 is 0 Å². The van der Waals surface area contributed by atoms with Crippen molar-refractivity contribution in [2.24, 2.45) is 0 Å². The molecule has 0 amide bonds. The lowest BCUT2D eigenvalue weighted by Crippen LogP contribution is -2.49. The summed E-state index contributed by atoms with van der Waals surface area (Å²) in [6.45, 7) is 9.30. The summed E-state index contributed by atoms with van der Waals surface area (Å²) in [5, 5.41) is 11.1. The van der Waals surface area contributed by atoms with E-state index < -0.39 is 6.10 Å². The van der Waals surface area contributed by atoms with Crippen LogP contribution in [0.1, 0.15) is 58.1 Å². The number of para-hydroxylation sites is 1. The molecule has 2 unspecified atom stereocenters. The highest BCUT2D eigenvalue weighted by Gasteiger charge is 2.40. The van der Waals surface area contributed by atoms with Crippen LogP contribution in [0.2, 0.25) is 0 Å². The summed E-state index contributed by atoms with van der Waals surface area (Å²) < 4.78 is 5.83. The fraction of sp³-hybridized carbons (Fsp3) is 0.667. The van der Waals surface area contributed by atoms with E-state index in [0.29, 0.717) is 6.61 Å². The van der Waals surface area contributed by atoms with Crippen molar-refractivity contribution >= 4 is 0 Å². The molecule has 21 heavy (non-hydrogen) atoms. The maximum Gasteiger partial charge on any atom is 0.125 e. The summed E-state index contributed by atoms with van der Waals surface area (Å²) in [4.78, 5) is 2.44. The van der Waals surface area contributed by atoms with Crippen LogP contribution in [0.5, 0.6) is 5.75 Å². The molecule has 1 aromatic rings. The molecule has 2 rings (SSSR count). The van der Waals surface area contributed by atoms with E-state index in [1.165, 1.54) is 12.8 Å². The Morgan fingerprint density at radius 2 is 1.90 bits per heavy atom. The first-order valence-corrected chi connectivity index (χ1v) is 8.28. The number of hydrogen-bond donors (Lipinski definition) is 1. The average molecular weight is 291 g/mol. The SMILES string of the molecule is CCCOc1ccccc1C(O)C(C)(CC)N1CCCC1. The molecule has 0 radical (unpaired) electrons. The number of hydrogen-bond acceptors (Lipinski definition) is 3. The summed E-state index contributed by atoms with van der Waals surface area (Å²) in [6.07, 6.45) is 3.85. The van der Waals surface area contributed by atoms with E-state index in [9.17, 15) is 5.11 Å². The van der Waals surface area contributed by atoms with Crippen molar-refractivity contribution in [2.75, 3.05) is 19.7 Å². The monoisotopic (exact) mass is 291 g/mol. The van der Waals surface area contributed by atoms with Gasteiger partial charge in [0.25, 0.3) is 0 Å². The van der Waals surface area contributed by atoms with Gasteiger partial charge in [-0.2, -0.15) is 0 Å². The zero-order chi connectivity index (χ0) is 15.3. The van der Waals surface area contributed by atoms with Crippen LogP contribution in [-0.2, 0) is 0 Å². The van der Waals surface area contributed by atoms with Crippen LogP contribution in [-0.4, -0.2) is 35.2 Å². The Morgan fingerprint density at radius 1 is 1.24 bits per heavy atom. The molecular formula is C18H29NO2. The van der Waals surface area contributed by atoms with Crippen LogP contribution in [0, 0.1) is 0 Å². The van der Waals surface area contributed by atoms with Gasteiger partial charge in [0.1, 0.15) is 11.9 Å². The van der Waals surface area contributed by atoms with Gasteiger partial charge in [-0.15, -0.1) is 0 Å². The van der Waals surface area contributed by atoms with Gasteiger partial charge in [-0.05, 0) is 51.8 Å². The molecule has 1 heterocycles. The molecule has 0 saturated carbocycles. The fourth-order valence-corrected chi connectivity index (χ4v) is 3.20. The van der Waals surface area contributed by atoms with Gasteiger partial charge in [0, 0.05) is 11.1 Å². The molecule has 2 atom stereocenters. The third-order valence-electron chi connectivity index (χ3n) is 4.81. The number of rotatable bonds is 7. The van der Waals surface area contributed by atoms with Crippen LogP contribution in [0.4, 0.5) is 0 Å². The summed E-state index contributed by atoms with van der Waals surface area (Å²) in [5.41, 5.74) is 0.699. The number of ether oxygens (including phenoxy) is 1. The molecule has 1 fully saturated rings. The first-order chi connectivity index (χ1) is 10.1. The summed E-state index contributed by atoms with van der Waals surface area (Å²) >= 11 is 0. The van der Waals surface area contributed by atoms with Crippen molar-refractivity contribution in [3.8, 4) is 5.75 Å². The second kappa shape index (κ2) is 7.28. The molecule has 0 aromatic heterocycles. The first-order valence-electron chi connectivity index (χ1n) is 8.28. The molecule has 0 aliphatic carbocycles. The third-order valence-corrected chi connectivity index (χ3v) is 4.81. The van der Waals surface area contributed by atoms with Crippen molar-refractivity contribution < 1.29 is 9.84 Å². The molecule has 1 aliphatic rings. The van der Waals surface area contributed by atoms with Gasteiger partial charge in [0.15, 0.2) is 0 Å². The minimum atomic E-state index is -0.520. The zero-order valence-corrected chi connectivity index (χ0v) is 13.6. The molecular weight excluding hydrogens is 262 g/mol. The topological polar surface area (TPSA) is 32.7 Å². The Morgan fingerprint density at radius 3 is 2.52 bits per heavy atom. The molecule has 1 aliphatic heterocycles. The standard InChI is InChI=1S/C18H29NO2/c1-4-14-21-16-11-7-6-10-15(16)17(20)18(3,5-2)19-12-8-9-13-19/h6-7,10-11,17,20H,4-5,8-9,12-14H2,1-3H3. The van der Waals surface area contributed by atoms with Gasteiger partial charge < -0.3 is 9.84 Å². The first kappa shape index (κ1) is 16.3. The number of aliphatic hydroxyl groups is 1. The Kier molecular flexibility index (Phi) is 5.65. The van der Waals surface area contributed by atoms with Gasteiger partial charge in [-0.25, -0.2) is 0 Å². The summed E-state index contributed by atoms with van der Waals surface area (Å²) in [6, 6.07) is 7.92. The maximum absolute atomic E-state index is 11.1. The normalized spacial score (nSPS) is 20.2. The fourth-order valence-electron chi connectivity index (χ4n) is 3.20. The van der Waals surface area contributed by atoms with Crippen LogP contribution in [0.3, 0.4) is 0 Å². The molecule has 1 saturated heterocycles. The van der Waals surface area contributed by atoms with Crippen molar-refractivity contribution in [1.82, 2.24) is 4.90 Å². The Hall–Kier alpha value is -1.06. The number of nitrogens with zero attached hydrogens (tertiary/aromatic N) is 1. The number of likely N-dealkylation sites (tertiary alicyclic amines) is 1. The summed E-state index contributed by atoms with van der Waals surface area (Å²) in [7, 11) is 0. The highest BCUT2D eigenvalue weighted by atomic mass is 16.5. The van der Waals surface area contributed by atoms with Gasteiger partial charge in [-0.1, -0.05) is 32.0 Å². The van der Waals surface area contributed by atoms with E-state index in [-0.39, 0.29) is 5.54 Å². The third kappa shape index (κ3) is 3.41. The van der Waals surface area contributed by atoms with Gasteiger partial charge in [0.05, 0.1) is 6.61 Å². The lowest BCUT2D eigenvalue weighted by molar-refractivity contribution is -0.0153. The molecule has 1 N–H and O–H groups in total. The zero-order valence-electron chi connectivity index (χ0n) is 13.6. The Labute approximate surface area is 128 Å². The van der Waals surface area contributed by atoms with Crippen molar-refractivity contribution in [2.45, 2.75) is 58.1 Å². The minimum absolute atomic E-state index is 0.220. The van der Waals surface area contributed by atoms with Crippen LogP contribution in [0.25, 0.3) is 0 Å². The molecule has 1 aromatic carbocycles. The lowest BCUT2D eigenvalue weighted by Gasteiger charge is -2.42. The Balaban J connectivity index is 2.26. The van der Waals surface area contributed by atoms with Crippen molar-refractivity contribution in [3.63, 3.8) is 0 Å². The second-order valence-electron chi connectivity index (χ2n) is 6.19. The van der Waals surface area contributed by atoms with Gasteiger partial charge in [-0.3, -0.25) is 4.90 Å². The van der Waals surface area contributed by atoms with Gasteiger partial charge >= 0.3 is 0 Å². The number of benzene rings is 1. The van der Waals surface area contributed by atoms with E-state index in [4.69, 9.17) is 4.74 Å². The van der Waals surface area contributed by atoms with Crippen molar-refractivity contribution in [1.29, 1.82) is 0 Å². The van der Waals surface area contributed by atoms with E-state index in [1.807, 2.05) is 24.3 Å². The molecule has 0 spiro atoms. The van der Waals surface area contributed by atoms with E-state index in [0.717, 1.165) is 37.2 Å². The van der Waals surface area contributed by atoms with Gasteiger partial charge in [0.2, 0.25) is 0 Å². The van der Waals surface area contributed by atoms with E-state index in [2.05, 4.69) is 25.7 Å². The second-order valence-corrected chi connectivity index (χ2v) is 6.19. The average Bonchev–Trinajstić information content (AvgIpc) is 3.06. The Bertz CT molecular complexity index is 443. The van der Waals surface area contributed by atoms with Crippen LogP contribution < -0.4 is 4.74 Å². The van der Waals surface area contributed by atoms with Crippen LogP contribution in [0.15, 0.2) is 24.3 Å². The summed E-state index contributed by atoms with van der Waals surface area (Å²) in [5.74, 6) is 0.825. The highest BCUT2D eigenvalue weighted by molar-refractivity contribution is 5.37.